The summed E-state index contributed by atoms with van der Waals surface area (Å²) in [7, 11) is 0. The number of carbonyl (C=O) groups is 2. The third-order valence-corrected chi connectivity index (χ3v) is 4.50. The number of hydrogen-bond acceptors (Lipinski definition) is 5. The molecule has 3 N–H and O–H groups in total. The molecule has 1 saturated carbocycles. The molecule has 0 spiro atoms. The Kier molecular flexibility index (Phi) is 5.47. The summed E-state index contributed by atoms with van der Waals surface area (Å²) in [4.78, 5) is 24.9. The SMILES string of the molecule is CCN(CC(=O)O)C1CC(NC(=O)Nc2cccc(-n3ccnn3)c2)C1. The van der Waals surface area contributed by atoms with E-state index in [1.54, 1.807) is 23.1 Å². The molecule has 3 rings (SSSR count). The van der Waals surface area contributed by atoms with Crippen LogP contribution in [0, 0.1) is 0 Å². The molecule has 2 amide bonds. The van der Waals surface area contributed by atoms with Crippen LogP contribution in [0.2, 0.25) is 0 Å². The van der Waals surface area contributed by atoms with Crippen molar-refractivity contribution in [2.24, 2.45) is 0 Å². The molecule has 26 heavy (non-hydrogen) atoms. The van der Waals surface area contributed by atoms with Crippen molar-refractivity contribution < 1.29 is 14.7 Å². The molecule has 0 atom stereocenters. The number of benzene rings is 1. The van der Waals surface area contributed by atoms with Gasteiger partial charge in [-0.3, -0.25) is 9.69 Å². The van der Waals surface area contributed by atoms with Gasteiger partial charge in [-0.2, -0.15) is 0 Å². The summed E-state index contributed by atoms with van der Waals surface area (Å²) in [6.45, 7) is 2.67. The second kappa shape index (κ2) is 7.96. The first kappa shape index (κ1) is 17.9. The maximum absolute atomic E-state index is 12.2. The largest absolute Gasteiger partial charge is 0.480 e. The third kappa shape index (κ3) is 4.37. The van der Waals surface area contributed by atoms with Gasteiger partial charge in [0.1, 0.15) is 0 Å². The first-order chi connectivity index (χ1) is 12.5. The topological polar surface area (TPSA) is 112 Å². The highest BCUT2D eigenvalue weighted by Crippen LogP contribution is 2.25. The second-order valence-corrected chi connectivity index (χ2v) is 6.28. The zero-order valence-corrected chi connectivity index (χ0v) is 14.5. The first-order valence-corrected chi connectivity index (χ1v) is 8.55. The van der Waals surface area contributed by atoms with E-state index >= 15 is 0 Å². The Morgan fingerprint density at radius 1 is 1.38 bits per heavy atom. The number of carboxylic acids is 1. The number of hydrogen-bond donors (Lipinski definition) is 3. The molecule has 0 aliphatic heterocycles. The van der Waals surface area contributed by atoms with Gasteiger partial charge in [-0.15, -0.1) is 5.10 Å². The number of carboxylic acid groups (broad SMARTS) is 1. The molecule has 1 aromatic heterocycles. The minimum absolute atomic E-state index is 0.0369. The molecule has 9 nitrogen and oxygen atoms in total. The zero-order valence-electron chi connectivity index (χ0n) is 14.5. The predicted molar refractivity (Wildman–Crippen MR) is 95.2 cm³/mol. The van der Waals surface area contributed by atoms with Crippen molar-refractivity contribution in [2.45, 2.75) is 31.8 Å². The maximum Gasteiger partial charge on any atom is 0.319 e. The number of anilines is 1. The number of rotatable bonds is 7. The second-order valence-electron chi connectivity index (χ2n) is 6.28. The quantitative estimate of drug-likeness (QED) is 0.688. The summed E-state index contributed by atoms with van der Waals surface area (Å²) >= 11 is 0. The standard InChI is InChI=1S/C17H22N6O3/c1-2-22(11-16(24)25)15-9-13(10-15)20-17(26)19-12-4-3-5-14(8-12)23-7-6-18-21-23/h3-8,13,15H,2,9-11H2,1H3,(H,24,25)(H2,19,20,26). The summed E-state index contributed by atoms with van der Waals surface area (Å²) in [5.41, 5.74) is 1.46. The van der Waals surface area contributed by atoms with Crippen LogP contribution >= 0.6 is 0 Å². The molecule has 138 valence electrons. The Labute approximate surface area is 151 Å². The highest BCUT2D eigenvalue weighted by atomic mass is 16.4. The number of urea groups is 1. The van der Waals surface area contributed by atoms with Crippen LogP contribution in [0.4, 0.5) is 10.5 Å². The molecular weight excluding hydrogens is 336 g/mol. The normalized spacial score (nSPS) is 19.0. The van der Waals surface area contributed by atoms with Crippen LogP contribution in [0.5, 0.6) is 0 Å². The van der Waals surface area contributed by atoms with E-state index in [2.05, 4.69) is 20.9 Å². The van der Waals surface area contributed by atoms with Gasteiger partial charge in [0.15, 0.2) is 0 Å². The predicted octanol–water partition coefficient (Wildman–Crippen LogP) is 1.33. The molecule has 0 bridgehead atoms. The summed E-state index contributed by atoms with van der Waals surface area (Å²) < 4.78 is 1.61. The van der Waals surface area contributed by atoms with E-state index in [0.29, 0.717) is 12.2 Å². The lowest BCUT2D eigenvalue weighted by atomic mass is 9.85. The minimum atomic E-state index is -0.826. The maximum atomic E-state index is 12.2. The number of likely N-dealkylation sites (N-methyl/N-ethyl adjacent to an activating group) is 1. The number of aromatic nitrogens is 3. The molecule has 0 radical (unpaired) electrons. The molecule has 1 heterocycles. The molecular formula is C17H22N6O3. The summed E-state index contributed by atoms with van der Waals surface area (Å²) in [6, 6.07) is 7.30. The average molecular weight is 358 g/mol. The van der Waals surface area contributed by atoms with Gasteiger partial charge >= 0.3 is 12.0 Å². The van der Waals surface area contributed by atoms with Crippen LogP contribution in [-0.2, 0) is 4.79 Å². The van der Waals surface area contributed by atoms with Crippen LogP contribution in [0.1, 0.15) is 19.8 Å². The Morgan fingerprint density at radius 2 is 2.19 bits per heavy atom. The van der Waals surface area contributed by atoms with Crippen LogP contribution in [-0.4, -0.2) is 62.2 Å². The number of nitrogens with zero attached hydrogens (tertiary/aromatic N) is 4. The van der Waals surface area contributed by atoms with Gasteiger partial charge in [0, 0.05) is 17.8 Å². The molecule has 1 aliphatic rings. The molecule has 2 aromatic rings. The monoisotopic (exact) mass is 358 g/mol. The fourth-order valence-corrected chi connectivity index (χ4v) is 3.10. The third-order valence-electron chi connectivity index (χ3n) is 4.50. The number of aliphatic carboxylic acids is 1. The number of nitrogens with one attached hydrogen (secondary N) is 2. The van der Waals surface area contributed by atoms with Crippen molar-refractivity contribution in [1.82, 2.24) is 25.2 Å². The van der Waals surface area contributed by atoms with Crippen molar-refractivity contribution in [1.29, 1.82) is 0 Å². The van der Waals surface area contributed by atoms with Gasteiger partial charge in [-0.25, -0.2) is 9.48 Å². The first-order valence-electron chi connectivity index (χ1n) is 8.55. The van der Waals surface area contributed by atoms with Gasteiger partial charge in [0.05, 0.1) is 24.6 Å². The van der Waals surface area contributed by atoms with E-state index < -0.39 is 5.97 Å². The molecule has 1 aliphatic carbocycles. The molecule has 0 unspecified atom stereocenters. The minimum Gasteiger partial charge on any atom is -0.480 e. The van der Waals surface area contributed by atoms with Gasteiger partial charge < -0.3 is 15.7 Å². The van der Waals surface area contributed by atoms with Gasteiger partial charge in [0.25, 0.3) is 0 Å². The van der Waals surface area contributed by atoms with Gasteiger partial charge in [0.2, 0.25) is 0 Å². The number of amides is 2. The average Bonchev–Trinajstić information content (AvgIpc) is 3.10. The van der Waals surface area contributed by atoms with Crippen molar-refractivity contribution >= 4 is 17.7 Å². The van der Waals surface area contributed by atoms with E-state index in [1.807, 2.05) is 30.0 Å². The molecule has 1 fully saturated rings. The smallest absolute Gasteiger partial charge is 0.319 e. The summed E-state index contributed by atoms with van der Waals surface area (Å²) in [6.07, 6.45) is 4.83. The van der Waals surface area contributed by atoms with Crippen LogP contribution in [0.25, 0.3) is 5.69 Å². The van der Waals surface area contributed by atoms with E-state index in [4.69, 9.17) is 5.11 Å². The fraction of sp³-hybridized carbons (Fsp3) is 0.412. The van der Waals surface area contributed by atoms with Crippen molar-refractivity contribution in [2.75, 3.05) is 18.4 Å². The fourth-order valence-electron chi connectivity index (χ4n) is 3.10. The number of carbonyl (C=O) groups excluding carboxylic acids is 1. The van der Waals surface area contributed by atoms with Crippen LogP contribution < -0.4 is 10.6 Å². The van der Waals surface area contributed by atoms with E-state index in [-0.39, 0.29) is 24.7 Å². The Hall–Kier alpha value is -2.94. The molecule has 1 aromatic carbocycles. The molecule has 9 heteroatoms. The van der Waals surface area contributed by atoms with Crippen LogP contribution in [0.15, 0.2) is 36.7 Å². The Balaban J connectivity index is 1.48. The van der Waals surface area contributed by atoms with Crippen molar-refractivity contribution in [3.63, 3.8) is 0 Å². The lowest BCUT2D eigenvalue weighted by Gasteiger charge is -2.42. The van der Waals surface area contributed by atoms with E-state index in [1.165, 1.54) is 0 Å². The lowest BCUT2D eigenvalue weighted by molar-refractivity contribution is -0.139. The van der Waals surface area contributed by atoms with Gasteiger partial charge in [-0.05, 0) is 37.6 Å². The lowest BCUT2D eigenvalue weighted by Crippen LogP contribution is -2.55. The van der Waals surface area contributed by atoms with Crippen LogP contribution in [0.3, 0.4) is 0 Å². The van der Waals surface area contributed by atoms with E-state index in [9.17, 15) is 9.59 Å². The van der Waals surface area contributed by atoms with E-state index in [0.717, 1.165) is 18.5 Å². The summed E-state index contributed by atoms with van der Waals surface area (Å²) in [5, 5.41) is 22.3. The zero-order chi connectivity index (χ0) is 18.5. The Morgan fingerprint density at radius 3 is 2.85 bits per heavy atom. The highest BCUT2D eigenvalue weighted by Gasteiger charge is 2.34. The Bertz CT molecular complexity index is 758. The van der Waals surface area contributed by atoms with Gasteiger partial charge in [-0.1, -0.05) is 18.2 Å². The molecule has 0 saturated heterocycles. The van der Waals surface area contributed by atoms with Crippen molar-refractivity contribution in [3.8, 4) is 5.69 Å². The van der Waals surface area contributed by atoms with Crippen molar-refractivity contribution in [3.05, 3.63) is 36.7 Å². The summed E-state index contributed by atoms with van der Waals surface area (Å²) in [5.74, 6) is -0.826. The highest BCUT2D eigenvalue weighted by molar-refractivity contribution is 5.89.